The van der Waals surface area contributed by atoms with Crippen molar-refractivity contribution in [3.63, 3.8) is 0 Å². The smallest absolute Gasteiger partial charge is 0.305 e. The summed E-state index contributed by atoms with van der Waals surface area (Å²) >= 11 is 0. The average Bonchev–Trinajstić information content (AvgIpc) is 3.37. The highest BCUT2D eigenvalue weighted by Gasteiger charge is 2.20. The largest absolute Gasteiger partial charge is 0.466 e. The first-order chi connectivity index (χ1) is 35.0. The Morgan fingerprint density at radius 3 is 1.01 bits per heavy atom. The number of allylic oxidation sites excluding steroid dienone is 4. The van der Waals surface area contributed by atoms with Gasteiger partial charge in [0.15, 0.2) is 0 Å². The summed E-state index contributed by atoms with van der Waals surface area (Å²) in [7, 11) is 0. The number of ether oxygens (including phenoxy) is 1. The van der Waals surface area contributed by atoms with E-state index in [-0.39, 0.29) is 18.5 Å². The van der Waals surface area contributed by atoms with Gasteiger partial charge in [-0.05, 0) is 77.0 Å². The molecule has 0 bridgehead atoms. The van der Waals surface area contributed by atoms with Crippen LogP contribution in [0.25, 0.3) is 0 Å². The van der Waals surface area contributed by atoms with Crippen molar-refractivity contribution in [2.75, 3.05) is 13.2 Å². The summed E-state index contributed by atoms with van der Waals surface area (Å²) in [5, 5.41) is 23.4. The van der Waals surface area contributed by atoms with Gasteiger partial charge in [0.05, 0.1) is 25.4 Å². The van der Waals surface area contributed by atoms with E-state index in [9.17, 15) is 19.8 Å². The van der Waals surface area contributed by atoms with Crippen LogP contribution in [0.5, 0.6) is 0 Å². The van der Waals surface area contributed by atoms with E-state index in [0.717, 1.165) is 70.6 Å². The van der Waals surface area contributed by atoms with Crippen molar-refractivity contribution in [1.82, 2.24) is 5.32 Å². The van der Waals surface area contributed by atoms with Crippen LogP contribution in [0.4, 0.5) is 0 Å². The van der Waals surface area contributed by atoms with Crippen molar-refractivity contribution in [2.24, 2.45) is 0 Å². The van der Waals surface area contributed by atoms with E-state index < -0.39 is 12.1 Å². The Morgan fingerprint density at radius 1 is 0.380 bits per heavy atom. The van der Waals surface area contributed by atoms with Crippen LogP contribution in [0, 0.1) is 0 Å². The number of hydrogen-bond acceptors (Lipinski definition) is 5. The predicted octanol–water partition coefficient (Wildman–Crippen LogP) is 20.2. The van der Waals surface area contributed by atoms with Crippen molar-refractivity contribution < 1.29 is 24.5 Å². The van der Waals surface area contributed by atoms with Gasteiger partial charge in [-0.15, -0.1) is 0 Å². The standard InChI is InChI=1S/C65H125NO5/c1-3-5-7-9-11-13-15-17-19-21-23-24-25-27-28-30-33-37-41-45-49-53-57-63(68)62(61-67)66-64(69)58-54-50-46-42-38-34-32-36-40-44-48-52-56-60-71-65(70)59-55-51-47-43-39-35-31-29-26-22-20-18-16-14-12-10-8-6-4-2/h18,20,34,38,62-63,67-68H,3-17,19,21-33,35-37,39-61H2,1-2H3,(H,66,69)/b20-18-,38-34-. The molecule has 0 aliphatic carbocycles. The molecule has 0 radical (unpaired) electrons. The third-order valence-electron chi connectivity index (χ3n) is 15.0. The zero-order chi connectivity index (χ0) is 51.4. The zero-order valence-electron chi connectivity index (χ0n) is 48.0. The predicted molar refractivity (Wildman–Crippen MR) is 310 cm³/mol. The van der Waals surface area contributed by atoms with Crippen LogP contribution in [0.3, 0.4) is 0 Å². The molecule has 1 amide bonds. The molecule has 0 fully saturated rings. The Morgan fingerprint density at radius 2 is 0.662 bits per heavy atom. The van der Waals surface area contributed by atoms with E-state index in [1.165, 1.54) is 250 Å². The average molecular weight is 1000 g/mol. The summed E-state index contributed by atoms with van der Waals surface area (Å²) in [5.74, 6) is -0.0733. The molecular formula is C65H125NO5. The van der Waals surface area contributed by atoms with Crippen molar-refractivity contribution in [2.45, 2.75) is 366 Å². The minimum absolute atomic E-state index is 0.0119. The molecule has 6 heteroatoms. The molecule has 2 unspecified atom stereocenters. The molecule has 0 saturated heterocycles. The Balaban J connectivity index is 3.46. The van der Waals surface area contributed by atoms with E-state index in [2.05, 4.69) is 43.5 Å². The molecule has 0 aromatic carbocycles. The highest BCUT2D eigenvalue weighted by molar-refractivity contribution is 5.76. The lowest BCUT2D eigenvalue weighted by Crippen LogP contribution is -2.45. The van der Waals surface area contributed by atoms with Crippen LogP contribution in [-0.2, 0) is 14.3 Å². The number of carbonyl (C=O) groups is 2. The molecule has 0 heterocycles. The Kier molecular flexibility index (Phi) is 59.5. The molecular weight excluding hydrogens is 875 g/mol. The number of aliphatic hydroxyl groups is 2. The zero-order valence-corrected chi connectivity index (χ0v) is 48.0. The molecule has 0 aromatic heterocycles. The van der Waals surface area contributed by atoms with Crippen LogP contribution in [0.1, 0.15) is 354 Å². The third kappa shape index (κ3) is 57.5. The van der Waals surface area contributed by atoms with Crippen molar-refractivity contribution in [1.29, 1.82) is 0 Å². The van der Waals surface area contributed by atoms with Gasteiger partial charge in [0.1, 0.15) is 0 Å². The van der Waals surface area contributed by atoms with Gasteiger partial charge in [-0.25, -0.2) is 0 Å². The van der Waals surface area contributed by atoms with E-state index in [4.69, 9.17) is 4.74 Å². The first-order valence-corrected chi connectivity index (χ1v) is 32.1. The quantitative estimate of drug-likeness (QED) is 0.0320. The van der Waals surface area contributed by atoms with Crippen molar-refractivity contribution in [3.8, 4) is 0 Å². The molecule has 0 spiro atoms. The van der Waals surface area contributed by atoms with E-state index in [0.29, 0.717) is 25.9 Å². The monoisotopic (exact) mass is 1000 g/mol. The molecule has 0 aliphatic rings. The number of esters is 1. The molecule has 71 heavy (non-hydrogen) atoms. The summed E-state index contributed by atoms with van der Waals surface area (Å²) in [6, 6.07) is -0.563. The SMILES string of the molecule is CCCCCCCC/C=C\CCCCCCCCCCCC(=O)OCCCCCCCC/C=C\CCCCCC(=O)NC(CO)C(O)CCCCCCCCCCCCCCCCCCCCCCCC. The molecule has 0 rings (SSSR count). The fourth-order valence-electron chi connectivity index (χ4n) is 10.0. The van der Waals surface area contributed by atoms with Gasteiger partial charge in [-0.3, -0.25) is 9.59 Å². The second-order valence-corrected chi connectivity index (χ2v) is 22.1. The molecule has 2 atom stereocenters. The first-order valence-electron chi connectivity index (χ1n) is 32.1. The van der Waals surface area contributed by atoms with Gasteiger partial charge in [0.25, 0.3) is 0 Å². The summed E-state index contributed by atoms with van der Waals surface area (Å²) in [4.78, 5) is 24.6. The van der Waals surface area contributed by atoms with Crippen LogP contribution in [0.2, 0.25) is 0 Å². The number of aliphatic hydroxyl groups excluding tert-OH is 2. The normalized spacial score (nSPS) is 12.7. The number of rotatable bonds is 60. The van der Waals surface area contributed by atoms with E-state index in [1.807, 2.05) is 0 Å². The highest BCUT2D eigenvalue weighted by Crippen LogP contribution is 2.18. The molecule has 0 saturated carbocycles. The van der Waals surface area contributed by atoms with Gasteiger partial charge in [-0.2, -0.15) is 0 Å². The van der Waals surface area contributed by atoms with Gasteiger partial charge < -0.3 is 20.3 Å². The second-order valence-electron chi connectivity index (χ2n) is 22.1. The van der Waals surface area contributed by atoms with Crippen molar-refractivity contribution in [3.05, 3.63) is 24.3 Å². The Bertz CT molecular complexity index is 1110. The topological polar surface area (TPSA) is 95.9 Å². The van der Waals surface area contributed by atoms with Gasteiger partial charge >= 0.3 is 5.97 Å². The summed E-state index contributed by atoms with van der Waals surface area (Å²) in [6.45, 7) is 4.94. The number of amides is 1. The molecule has 420 valence electrons. The number of hydrogen-bond donors (Lipinski definition) is 3. The summed E-state index contributed by atoms with van der Waals surface area (Å²) in [5.41, 5.74) is 0. The van der Waals surface area contributed by atoms with Gasteiger partial charge in [0.2, 0.25) is 5.91 Å². The van der Waals surface area contributed by atoms with Gasteiger partial charge in [0, 0.05) is 12.8 Å². The minimum atomic E-state index is -0.683. The highest BCUT2D eigenvalue weighted by atomic mass is 16.5. The lowest BCUT2D eigenvalue weighted by Gasteiger charge is -2.22. The Labute approximate surface area is 443 Å². The van der Waals surface area contributed by atoms with Crippen LogP contribution < -0.4 is 5.32 Å². The minimum Gasteiger partial charge on any atom is -0.466 e. The molecule has 3 N–H and O–H groups in total. The van der Waals surface area contributed by atoms with Crippen molar-refractivity contribution >= 4 is 11.9 Å². The molecule has 0 aliphatic heterocycles. The second kappa shape index (κ2) is 60.9. The van der Waals surface area contributed by atoms with Crippen LogP contribution in [-0.4, -0.2) is 47.4 Å². The number of nitrogens with one attached hydrogen (secondary N) is 1. The molecule has 6 nitrogen and oxygen atoms in total. The third-order valence-corrected chi connectivity index (χ3v) is 15.0. The van der Waals surface area contributed by atoms with E-state index in [1.54, 1.807) is 0 Å². The maximum atomic E-state index is 12.5. The fourth-order valence-corrected chi connectivity index (χ4v) is 10.0. The van der Waals surface area contributed by atoms with Crippen LogP contribution in [0.15, 0.2) is 24.3 Å². The first kappa shape index (κ1) is 69.3. The number of carbonyl (C=O) groups excluding carboxylic acids is 2. The fraction of sp³-hybridized carbons (Fsp3) is 0.908. The maximum absolute atomic E-state index is 12.5. The van der Waals surface area contributed by atoms with Gasteiger partial charge in [-0.1, -0.05) is 289 Å². The summed E-state index contributed by atoms with van der Waals surface area (Å²) < 4.78 is 5.48. The lowest BCUT2D eigenvalue weighted by atomic mass is 10.0. The Hall–Kier alpha value is -1.66. The van der Waals surface area contributed by atoms with E-state index >= 15 is 0 Å². The maximum Gasteiger partial charge on any atom is 0.305 e. The lowest BCUT2D eigenvalue weighted by molar-refractivity contribution is -0.143. The van der Waals surface area contributed by atoms with Crippen LogP contribution >= 0.6 is 0 Å². The summed E-state index contributed by atoms with van der Waals surface area (Å²) in [6.07, 6.45) is 74.7. The number of unbranched alkanes of at least 4 members (excludes halogenated alkanes) is 45. The molecule has 0 aromatic rings.